The smallest absolute Gasteiger partial charge is 0.225 e. The van der Waals surface area contributed by atoms with Crippen LogP contribution < -0.4 is 9.64 Å². The Bertz CT molecular complexity index is 907. The quantitative estimate of drug-likeness (QED) is 0.795. The first-order valence-electron chi connectivity index (χ1n) is 10.9. The molecule has 6 nitrogen and oxygen atoms in total. The molecule has 0 aromatic heterocycles. The molecule has 7 heteroatoms. The van der Waals surface area contributed by atoms with Crippen molar-refractivity contribution in [3.63, 3.8) is 0 Å². The number of carbonyl (C=O) groups is 1. The molecule has 0 spiro atoms. The van der Waals surface area contributed by atoms with E-state index in [1.165, 1.54) is 6.07 Å². The summed E-state index contributed by atoms with van der Waals surface area (Å²) in [6.07, 6.45) is 1.63. The largest absolute Gasteiger partial charge is 0.504 e. The first-order chi connectivity index (χ1) is 15.1. The average Bonchev–Trinajstić information content (AvgIpc) is 2.81. The van der Waals surface area contributed by atoms with Gasteiger partial charge in [0, 0.05) is 44.2 Å². The van der Waals surface area contributed by atoms with Crippen LogP contribution in [0.5, 0.6) is 11.5 Å². The van der Waals surface area contributed by atoms with Gasteiger partial charge in [-0.15, -0.1) is 0 Å². The lowest BCUT2D eigenvalue weighted by atomic mass is 9.94. The highest BCUT2D eigenvalue weighted by atomic mass is 19.1. The minimum atomic E-state index is -0.211. The van der Waals surface area contributed by atoms with Crippen LogP contribution in [-0.4, -0.2) is 67.2 Å². The number of phenols is 1. The van der Waals surface area contributed by atoms with E-state index in [1.807, 2.05) is 28.0 Å². The number of ether oxygens (including phenoxy) is 1. The van der Waals surface area contributed by atoms with Crippen LogP contribution in [0.3, 0.4) is 0 Å². The van der Waals surface area contributed by atoms with Gasteiger partial charge in [-0.1, -0.05) is 24.3 Å². The SMILES string of the molecule is COc1cccc(CN2CCC(C(=O)N3CCN(c4ccccc4F)CC3)CC2)c1O. The first kappa shape index (κ1) is 21.4. The molecule has 0 saturated carbocycles. The molecule has 0 bridgehead atoms. The van der Waals surface area contributed by atoms with Crippen LogP contribution in [0.4, 0.5) is 10.1 Å². The van der Waals surface area contributed by atoms with Gasteiger partial charge in [-0.2, -0.15) is 0 Å². The summed E-state index contributed by atoms with van der Waals surface area (Å²) in [5.74, 6) is 0.719. The number of piperidine rings is 1. The lowest BCUT2D eigenvalue weighted by Gasteiger charge is -2.39. The van der Waals surface area contributed by atoms with Gasteiger partial charge in [-0.25, -0.2) is 4.39 Å². The molecule has 0 aliphatic carbocycles. The number of halogens is 1. The Morgan fingerprint density at radius 2 is 1.74 bits per heavy atom. The fourth-order valence-corrected chi connectivity index (χ4v) is 4.57. The third kappa shape index (κ3) is 4.77. The molecule has 2 aromatic carbocycles. The molecule has 2 aliphatic heterocycles. The highest BCUT2D eigenvalue weighted by Gasteiger charge is 2.31. The molecule has 31 heavy (non-hydrogen) atoms. The summed E-state index contributed by atoms with van der Waals surface area (Å²) in [6.45, 7) is 4.85. The number of nitrogens with zero attached hydrogens (tertiary/aromatic N) is 3. The van der Waals surface area contributed by atoms with Crippen molar-refractivity contribution in [2.75, 3.05) is 51.3 Å². The number of piperazine rings is 1. The second-order valence-corrected chi connectivity index (χ2v) is 8.28. The Hall–Kier alpha value is -2.80. The van der Waals surface area contributed by atoms with E-state index < -0.39 is 0 Å². The fourth-order valence-electron chi connectivity index (χ4n) is 4.57. The number of phenolic OH excluding ortho intramolecular Hbond substituents is 1. The van der Waals surface area contributed by atoms with Crippen molar-refractivity contribution in [1.82, 2.24) is 9.80 Å². The van der Waals surface area contributed by atoms with Gasteiger partial charge in [0.15, 0.2) is 11.5 Å². The fraction of sp³-hybridized carbons (Fsp3) is 0.458. The molecular weight excluding hydrogens is 397 g/mol. The van der Waals surface area contributed by atoms with Gasteiger partial charge in [0.1, 0.15) is 5.82 Å². The van der Waals surface area contributed by atoms with Crippen LogP contribution in [0.1, 0.15) is 18.4 Å². The Labute approximate surface area is 182 Å². The van der Waals surface area contributed by atoms with Crippen LogP contribution in [0, 0.1) is 11.7 Å². The topological polar surface area (TPSA) is 56.2 Å². The van der Waals surface area contributed by atoms with Crippen molar-refractivity contribution in [2.24, 2.45) is 5.92 Å². The third-order valence-corrected chi connectivity index (χ3v) is 6.42. The summed E-state index contributed by atoms with van der Waals surface area (Å²) in [5, 5.41) is 10.3. The number of methoxy groups -OCH3 is 1. The number of anilines is 1. The summed E-state index contributed by atoms with van der Waals surface area (Å²) < 4.78 is 19.2. The van der Waals surface area contributed by atoms with Crippen LogP contribution in [0.2, 0.25) is 0 Å². The number of para-hydroxylation sites is 2. The molecule has 1 N–H and O–H groups in total. The predicted molar refractivity (Wildman–Crippen MR) is 118 cm³/mol. The van der Waals surface area contributed by atoms with E-state index in [0.29, 0.717) is 44.2 Å². The van der Waals surface area contributed by atoms with Crippen molar-refractivity contribution < 1.29 is 19.0 Å². The molecular formula is C24H30FN3O3. The van der Waals surface area contributed by atoms with Crippen LogP contribution in [-0.2, 0) is 11.3 Å². The van der Waals surface area contributed by atoms with E-state index in [9.17, 15) is 14.3 Å². The molecule has 166 valence electrons. The highest BCUT2D eigenvalue weighted by Crippen LogP contribution is 2.31. The number of rotatable bonds is 5. The molecule has 2 aromatic rings. The van der Waals surface area contributed by atoms with Crippen molar-refractivity contribution in [3.8, 4) is 11.5 Å². The number of aromatic hydroxyl groups is 1. The molecule has 2 fully saturated rings. The van der Waals surface area contributed by atoms with E-state index in [4.69, 9.17) is 4.74 Å². The number of amides is 1. The van der Waals surface area contributed by atoms with E-state index >= 15 is 0 Å². The van der Waals surface area contributed by atoms with Crippen molar-refractivity contribution in [2.45, 2.75) is 19.4 Å². The molecule has 1 amide bonds. The number of hydrogen-bond acceptors (Lipinski definition) is 5. The summed E-state index contributed by atoms with van der Waals surface area (Å²) in [5.41, 5.74) is 1.46. The average molecular weight is 428 g/mol. The lowest BCUT2D eigenvalue weighted by Crippen LogP contribution is -2.51. The first-order valence-corrected chi connectivity index (χ1v) is 10.9. The zero-order valence-electron chi connectivity index (χ0n) is 18.0. The molecule has 0 atom stereocenters. The van der Waals surface area contributed by atoms with Gasteiger partial charge < -0.3 is 19.6 Å². The monoisotopic (exact) mass is 427 g/mol. The number of likely N-dealkylation sites (tertiary alicyclic amines) is 1. The van der Waals surface area contributed by atoms with Gasteiger partial charge >= 0.3 is 0 Å². The molecule has 4 rings (SSSR count). The van der Waals surface area contributed by atoms with Crippen molar-refractivity contribution >= 4 is 11.6 Å². The standard InChI is InChI=1S/C24H30FN3O3/c1-31-22-8-4-5-19(23(22)29)17-26-11-9-18(10-12-26)24(30)28-15-13-27(14-16-28)21-7-3-2-6-20(21)25/h2-8,18,29H,9-17H2,1H3. The maximum atomic E-state index is 14.0. The van der Waals surface area contributed by atoms with Gasteiger partial charge in [-0.05, 0) is 44.1 Å². The van der Waals surface area contributed by atoms with E-state index in [-0.39, 0.29) is 23.4 Å². The highest BCUT2D eigenvalue weighted by molar-refractivity contribution is 5.79. The number of hydrogen-bond donors (Lipinski definition) is 1. The van der Waals surface area contributed by atoms with Gasteiger partial charge in [0.05, 0.1) is 12.8 Å². The second kappa shape index (κ2) is 9.56. The van der Waals surface area contributed by atoms with E-state index in [1.54, 1.807) is 25.3 Å². The molecule has 2 aliphatic rings. The van der Waals surface area contributed by atoms with Gasteiger partial charge in [0.2, 0.25) is 5.91 Å². The zero-order valence-corrected chi connectivity index (χ0v) is 18.0. The van der Waals surface area contributed by atoms with Crippen molar-refractivity contribution in [1.29, 1.82) is 0 Å². The summed E-state index contributed by atoms with van der Waals surface area (Å²) in [4.78, 5) is 19.2. The molecule has 2 heterocycles. The molecule has 0 radical (unpaired) electrons. The summed E-state index contributed by atoms with van der Waals surface area (Å²) >= 11 is 0. The Morgan fingerprint density at radius 3 is 2.42 bits per heavy atom. The van der Waals surface area contributed by atoms with Gasteiger partial charge in [0.25, 0.3) is 0 Å². The Kier molecular flexibility index (Phi) is 6.61. The number of benzene rings is 2. The van der Waals surface area contributed by atoms with E-state index in [0.717, 1.165) is 31.5 Å². The summed E-state index contributed by atoms with van der Waals surface area (Å²) in [6, 6.07) is 12.3. The van der Waals surface area contributed by atoms with Gasteiger partial charge in [-0.3, -0.25) is 9.69 Å². The predicted octanol–water partition coefficient (Wildman–Crippen LogP) is 3.10. The maximum absolute atomic E-state index is 14.0. The molecule has 0 unspecified atom stereocenters. The summed E-state index contributed by atoms with van der Waals surface area (Å²) in [7, 11) is 1.55. The maximum Gasteiger partial charge on any atom is 0.225 e. The minimum absolute atomic E-state index is 0.0372. The van der Waals surface area contributed by atoms with Crippen molar-refractivity contribution in [3.05, 3.63) is 53.8 Å². The normalized spacial score (nSPS) is 18.3. The lowest BCUT2D eigenvalue weighted by molar-refractivity contribution is -0.137. The Balaban J connectivity index is 1.27. The Morgan fingerprint density at radius 1 is 1.03 bits per heavy atom. The zero-order chi connectivity index (χ0) is 21.8. The van der Waals surface area contributed by atoms with E-state index in [2.05, 4.69) is 4.90 Å². The van der Waals surface area contributed by atoms with Crippen LogP contribution in [0.25, 0.3) is 0 Å². The van der Waals surface area contributed by atoms with Crippen LogP contribution >= 0.6 is 0 Å². The minimum Gasteiger partial charge on any atom is -0.504 e. The second-order valence-electron chi connectivity index (χ2n) is 8.28. The third-order valence-electron chi connectivity index (χ3n) is 6.42. The van der Waals surface area contributed by atoms with Crippen LogP contribution in [0.15, 0.2) is 42.5 Å². The molecule has 2 saturated heterocycles. The number of carbonyl (C=O) groups excluding carboxylic acids is 1.